The van der Waals surface area contributed by atoms with Crippen molar-refractivity contribution < 1.29 is 19.4 Å². The van der Waals surface area contributed by atoms with E-state index in [0.29, 0.717) is 18.7 Å². The van der Waals surface area contributed by atoms with Crippen LogP contribution in [-0.2, 0) is 16.1 Å². The van der Waals surface area contributed by atoms with Crippen LogP contribution in [0.25, 0.3) is 6.08 Å². The lowest BCUT2D eigenvalue weighted by atomic mass is 10.1. The molecule has 0 unspecified atom stereocenters. The van der Waals surface area contributed by atoms with E-state index in [1.54, 1.807) is 49.6 Å². The van der Waals surface area contributed by atoms with Crippen LogP contribution >= 0.6 is 0 Å². The maximum absolute atomic E-state index is 12.5. The van der Waals surface area contributed by atoms with Crippen molar-refractivity contribution in [3.63, 3.8) is 0 Å². The van der Waals surface area contributed by atoms with Crippen molar-refractivity contribution in [2.24, 2.45) is 0 Å². The van der Waals surface area contributed by atoms with E-state index >= 15 is 0 Å². The number of benzene rings is 2. The monoisotopic (exact) mass is 368 g/mol. The fourth-order valence-corrected chi connectivity index (χ4v) is 2.31. The Morgan fingerprint density at radius 3 is 2.33 bits per heavy atom. The first-order valence-electron chi connectivity index (χ1n) is 8.60. The van der Waals surface area contributed by atoms with Crippen LogP contribution in [-0.4, -0.2) is 37.2 Å². The van der Waals surface area contributed by atoms with E-state index in [4.69, 9.17) is 9.84 Å². The quantitative estimate of drug-likeness (QED) is 0.491. The summed E-state index contributed by atoms with van der Waals surface area (Å²) in [5, 5.41) is 14.5. The molecule has 0 fully saturated rings. The Morgan fingerprint density at radius 1 is 1.07 bits per heavy atom. The molecule has 0 aromatic heterocycles. The number of methoxy groups -OCH3 is 1. The first-order chi connectivity index (χ1) is 13.0. The molecule has 0 aliphatic carbocycles. The van der Waals surface area contributed by atoms with Crippen LogP contribution in [0.4, 0.5) is 0 Å². The molecule has 0 heterocycles. The lowest BCUT2D eigenvalue weighted by Crippen LogP contribution is -2.36. The highest BCUT2D eigenvalue weighted by Crippen LogP contribution is 2.10. The minimum Gasteiger partial charge on any atom is -0.392 e. The van der Waals surface area contributed by atoms with Crippen LogP contribution in [0.15, 0.2) is 54.2 Å². The molecule has 0 spiro atoms. The molecule has 0 atom stereocenters. The predicted molar refractivity (Wildman–Crippen MR) is 104 cm³/mol. The number of aliphatic hydroxyl groups excluding tert-OH is 1. The van der Waals surface area contributed by atoms with E-state index in [2.05, 4.69) is 10.6 Å². The van der Waals surface area contributed by atoms with Gasteiger partial charge in [-0.25, -0.2) is 0 Å². The molecule has 27 heavy (non-hydrogen) atoms. The second-order valence-corrected chi connectivity index (χ2v) is 6.03. The van der Waals surface area contributed by atoms with Gasteiger partial charge in [-0.05, 0) is 36.3 Å². The number of nitrogens with one attached hydrogen (secondary N) is 2. The lowest BCUT2D eigenvalue weighted by Gasteiger charge is -2.11. The molecular weight excluding hydrogens is 344 g/mol. The van der Waals surface area contributed by atoms with Gasteiger partial charge >= 0.3 is 0 Å². The average Bonchev–Trinajstić information content (AvgIpc) is 2.68. The number of hydrogen-bond acceptors (Lipinski definition) is 4. The summed E-state index contributed by atoms with van der Waals surface area (Å²) < 4.78 is 4.93. The van der Waals surface area contributed by atoms with E-state index < -0.39 is 5.91 Å². The summed E-state index contributed by atoms with van der Waals surface area (Å²) in [6, 6.07) is 14.2. The molecular formula is C21H24N2O4. The Bertz CT molecular complexity index is 796. The number of hydrogen-bond donors (Lipinski definition) is 3. The Labute approximate surface area is 158 Å². The molecule has 0 bridgehead atoms. The highest BCUT2D eigenvalue weighted by Gasteiger charge is 2.14. The summed E-state index contributed by atoms with van der Waals surface area (Å²) in [6.07, 6.45) is 1.59. The summed E-state index contributed by atoms with van der Waals surface area (Å²) in [4.78, 5) is 25.0. The van der Waals surface area contributed by atoms with Crippen LogP contribution in [0.3, 0.4) is 0 Å². The Hall–Kier alpha value is -2.96. The highest BCUT2D eigenvalue weighted by atomic mass is 16.5. The van der Waals surface area contributed by atoms with Crippen molar-refractivity contribution in [1.82, 2.24) is 10.6 Å². The van der Waals surface area contributed by atoms with E-state index in [1.807, 2.05) is 19.1 Å². The lowest BCUT2D eigenvalue weighted by molar-refractivity contribution is -0.117. The number of rotatable bonds is 8. The Balaban J connectivity index is 2.22. The number of amides is 2. The van der Waals surface area contributed by atoms with Gasteiger partial charge in [0, 0.05) is 19.2 Å². The maximum atomic E-state index is 12.5. The van der Waals surface area contributed by atoms with Gasteiger partial charge in [-0.1, -0.05) is 42.0 Å². The van der Waals surface area contributed by atoms with Gasteiger partial charge in [-0.3, -0.25) is 9.59 Å². The molecule has 3 N–H and O–H groups in total. The predicted octanol–water partition coefficient (Wildman–Crippen LogP) is 2.02. The van der Waals surface area contributed by atoms with E-state index in [9.17, 15) is 9.59 Å². The van der Waals surface area contributed by atoms with Gasteiger partial charge in [0.2, 0.25) is 0 Å². The van der Waals surface area contributed by atoms with Crippen molar-refractivity contribution in [3.05, 3.63) is 76.5 Å². The zero-order valence-corrected chi connectivity index (χ0v) is 15.5. The third kappa shape index (κ3) is 6.36. The standard InChI is InChI=1S/C21H24N2O4/c1-15-3-9-18(10-4-15)20(25)23-19(21(26)22-11-12-27-2)13-16-5-7-17(14-24)8-6-16/h3-10,13,24H,11-12,14H2,1-2H3,(H,22,26)(H,23,25). The average molecular weight is 368 g/mol. The molecule has 2 aromatic rings. The van der Waals surface area contributed by atoms with E-state index in [1.165, 1.54) is 0 Å². The smallest absolute Gasteiger partial charge is 0.267 e. The van der Waals surface area contributed by atoms with Crippen molar-refractivity contribution in [2.45, 2.75) is 13.5 Å². The Morgan fingerprint density at radius 2 is 1.74 bits per heavy atom. The van der Waals surface area contributed by atoms with Crippen LogP contribution < -0.4 is 10.6 Å². The normalized spacial score (nSPS) is 11.1. The van der Waals surface area contributed by atoms with Crippen molar-refractivity contribution in [2.75, 3.05) is 20.3 Å². The maximum Gasteiger partial charge on any atom is 0.267 e. The molecule has 0 aliphatic heterocycles. The summed E-state index contributed by atoms with van der Waals surface area (Å²) >= 11 is 0. The van der Waals surface area contributed by atoms with Crippen molar-refractivity contribution in [3.8, 4) is 0 Å². The second kappa shape index (κ2) is 10.3. The van der Waals surface area contributed by atoms with Gasteiger partial charge in [0.1, 0.15) is 5.70 Å². The van der Waals surface area contributed by atoms with Crippen molar-refractivity contribution in [1.29, 1.82) is 0 Å². The number of carbonyl (C=O) groups excluding carboxylic acids is 2. The van der Waals surface area contributed by atoms with Gasteiger partial charge in [-0.2, -0.15) is 0 Å². The first kappa shape index (κ1) is 20.4. The summed E-state index contributed by atoms with van der Waals surface area (Å²) in [5.41, 5.74) is 3.14. The van der Waals surface area contributed by atoms with Crippen LogP contribution in [0.2, 0.25) is 0 Å². The zero-order valence-electron chi connectivity index (χ0n) is 15.5. The topological polar surface area (TPSA) is 87.7 Å². The van der Waals surface area contributed by atoms with Gasteiger partial charge in [0.25, 0.3) is 11.8 Å². The summed E-state index contributed by atoms with van der Waals surface area (Å²) in [6.45, 7) is 2.58. The molecule has 2 aromatic carbocycles. The fourth-order valence-electron chi connectivity index (χ4n) is 2.31. The Kier molecular flexibility index (Phi) is 7.73. The van der Waals surface area contributed by atoms with Gasteiger partial charge < -0.3 is 20.5 Å². The molecule has 0 aliphatic rings. The molecule has 6 nitrogen and oxygen atoms in total. The van der Waals surface area contributed by atoms with Crippen LogP contribution in [0, 0.1) is 6.92 Å². The minimum absolute atomic E-state index is 0.0570. The first-order valence-corrected chi connectivity index (χ1v) is 8.60. The van der Waals surface area contributed by atoms with Crippen LogP contribution in [0.5, 0.6) is 0 Å². The molecule has 0 saturated carbocycles. The van der Waals surface area contributed by atoms with E-state index in [-0.39, 0.29) is 18.2 Å². The molecule has 2 rings (SSSR count). The zero-order chi connectivity index (χ0) is 19.6. The molecule has 142 valence electrons. The van der Waals surface area contributed by atoms with Gasteiger partial charge in [0.05, 0.1) is 13.2 Å². The van der Waals surface area contributed by atoms with E-state index in [0.717, 1.165) is 16.7 Å². The highest BCUT2D eigenvalue weighted by molar-refractivity contribution is 6.05. The van der Waals surface area contributed by atoms with Gasteiger partial charge in [0.15, 0.2) is 0 Å². The fraction of sp³-hybridized carbons (Fsp3) is 0.238. The summed E-state index contributed by atoms with van der Waals surface area (Å²) in [5.74, 6) is -0.770. The molecule has 6 heteroatoms. The molecule has 2 amide bonds. The number of aliphatic hydroxyl groups is 1. The number of ether oxygens (including phenoxy) is 1. The number of carbonyl (C=O) groups is 2. The third-order valence-electron chi connectivity index (χ3n) is 3.87. The SMILES string of the molecule is COCCNC(=O)C(=Cc1ccc(CO)cc1)NC(=O)c1ccc(C)cc1. The largest absolute Gasteiger partial charge is 0.392 e. The van der Waals surface area contributed by atoms with Crippen LogP contribution in [0.1, 0.15) is 27.0 Å². The number of aryl methyl sites for hydroxylation is 1. The van der Waals surface area contributed by atoms with Crippen molar-refractivity contribution >= 4 is 17.9 Å². The van der Waals surface area contributed by atoms with Gasteiger partial charge in [-0.15, -0.1) is 0 Å². The molecule has 0 radical (unpaired) electrons. The second-order valence-electron chi connectivity index (χ2n) is 6.03. The summed E-state index contributed by atoms with van der Waals surface area (Å²) in [7, 11) is 1.55. The third-order valence-corrected chi connectivity index (χ3v) is 3.87. The minimum atomic E-state index is -0.404. The molecule has 0 saturated heterocycles.